The van der Waals surface area contributed by atoms with Gasteiger partial charge in [0.25, 0.3) is 0 Å². The number of carbonyl (C=O) groups excluding carboxylic acids is 1. The first-order valence-electron chi connectivity index (χ1n) is 7.04. The topological polar surface area (TPSA) is 32.9 Å². The number of halogens is 1. The molecule has 0 saturated heterocycles. The molecule has 1 aromatic carbocycles. The van der Waals surface area contributed by atoms with Gasteiger partial charge < -0.3 is 4.98 Å². The van der Waals surface area contributed by atoms with Crippen LogP contribution in [0, 0.1) is 23.6 Å². The van der Waals surface area contributed by atoms with Crippen molar-refractivity contribution in [2.75, 3.05) is 0 Å². The highest BCUT2D eigenvalue weighted by Crippen LogP contribution is 2.49. The second-order valence-corrected chi connectivity index (χ2v) is 6.01. The van der Waals surface area contributed by atoms with E-state index in [-0.39, 0.29) is 17.5 Å². The van der Waals surface area contributed by atoms with Crippen LogP contribution in [-0.2, 0) is 0 Å². The normalized spacial score (nSPS) is 29.2. The molecular weight excluding hydrogens is 241 g/mol. The minimum Gasteiger partial charge on any atom is -0.360 e. The first-order valence-corrected chi connectivity index (χ1v) is 7.04. The Morgan fingerprint density at radius 3 is 2.89 bits per heavy atom. The third kappa shape index (κ3) is 1.57. The molecule has 0 radical (unpaired) electrons. The van der Waals surface area contributed by atoms with Gasteiger partial charge in [0.2, 0.25) is 0 Å². The number of hydrogen-bond donors (Lipinski definition) is 1. The summed E-state index contributed by atoms with van der Waals surface area (Å²) in [6, 6.07) is 4.91. The molecule has 1 N–H and O–H groups in total. The number of rotatable bonds is 2. The van der Waals surface area contributed by atoms with Crippen molar-refractivity contribution < 1.29 is 9.18 Å². The first kappa shape index (κ1) is 11.2. The monoisotopic (exact) mass is 257 g/mol. The second kappa shape index (κ2) is 3.92. The highest BCUT2D eigenvalue weighted by atomic mass is 19.1. The zero-order chi connectivity index (χ0) is 13.0. The van der Waals surface area contributed by atoms with E-state index in [4.69, 9.17) is 0 Å². The van der Waals surface area contributed by atoms with Gasteiger partial charge in [0, 0.05) is 28.6 Å². The number of Topliss-reactive ketones (excluding diaryl/α,β-unsaturated/α-hetero) is 1. The summed E-state index contributed by atoms with van der Waals surface area (Å²) in [5, 5.41) is 0.468. The molecule has 98 valence electrons. The average molecular weight is 257 g/mol. The van der Waals surface area contributed by atoms with E-state index in [1.54, 1.807) is 12.3 Å². The molecule has 3 atom stereocenters. The zero-order valence-corrected chi connectivity index (χ0v) is 10.7. The second-order valence-electron chi connectivity index (χ2n) is 6.01. The van der Waals surface area contributed by atoms with Crippen LogP contribution in [0.3, 0.4) is 0 Å². The molecule has 1 aromatic heterocycles. The Morgan fingerprint density at radius 1 is 1.26 bits per heavy atom. The highest BCUT2D eigenvalue weighted by Gasteiger charge is 2.43. The predicted molar refractivity (Wildman–Crippen MR) is 71.5 cm³/mol. The van der Waals surface area contributed by atoms with Gasteiger partial charge in [-0.15, -0.1) is 0 Å². The summed E-state index contributed by atoms with van der Waals surface area (Å²) in [7, 11) is 0. The van der Waals surface area contributed by atoms with Crippen molar-refractivity contribution in [3.05, 3.63) is 35.8 Å². The molecular formula is C16H16FNO. The SMILES string of the molecule is O=C(c1c[nH]c2cccc(F)c12)C1CC2CCC1C2. The van der Waals surface area contributed by atoms with E-state index in [9.17, 15) is 9.18 Å². The maximum absolute atomic E-state index is 13.9. The van der Waals surface area contributed by atoms with Gasteiger partial charge in [-0.1, -0.05) is 12.5 Å². The molecule has 3 heteroatoms. The zero-order valence-electron chi connectivity index (χ0n) is 10.7. The van der Waals surface area contributed by atoms with Crippen molar-refractivity contribution in [1.82, 2.24) is 4.98 Å². The van der Waals surface area contributed by atoms with E-state index in [0.29, 0.717) is 22.4 Å². The van der Waals surface area contributed by atoms with E-state index in [2.05, 4.69) is 4.98 Å². The third-order valence-corrected chi connectivity index (χ3v) is 5.00. The van der Waals surface area contributed by atoms with Gasteiger partial charge in [0.05, 0.1) is 0 Å². The lowest BCUT2D eigenvalue weighted by atomic mass is 9.83. The van der Waals surface area contributed by atoms with Crippen molar-refractivity contribution in [1.29, 1.82) is 0 Å². The Morgan fingerprint density at radius 2 is 2.16 bits per heavy atom. The first-order chi connectivity index (χ1) is 9.24. The summed E-state index contributed by atoms with van der Waals surface area (Å²) >= 11 is 0. The highest BCUT2D eigenvalue weighted by molar-refractivity contribution is 6.09. The van der Waals surface area contributed by atoms with Gasteiger partial charge in [-0.3, -0.25) is 4.79 Å². The Kier molecular flexibility index (Phi) is 2.32. The van der Waals surface area contributed by atoms with E-state index >= 15 is 0 Å². The lowest BCUT2D eigenvalue weighted by Crippen LogP contribution is -2.20. The van der Waals surface area contributed by atoms with Crippen LogP contribution in [0.25, 0.3) is 10.9 Å². The fourth-order valence-electron chi connectivity index (χ4n) is 4.10. The Balaban J connectivity index is 1.76. The van der Waals surface area contributed by atoms with Crippen LogP contribution >= 0.6 is 0 Å². The molecule has 1 heterocycles. The lowest BCUT2D eigenvalue weighted by Gasteiger charge is -2.19. The van der Waals surface area contributed by atoms with Crippen LogP contribution < -0.4 is 0 Å². The van der Waals surface area contributed by atoms with Crippen LogP contribution in [0.1, 0.15) is 36.0 Å². The minimum atomic E-state index is -0.301. The van der Waals surface area contributed by atoms with Crippen LogP contribution in [0.2, 0.25) is 0 Å². The van der Waals surface area contributed by atoms with Gasteiger partial charge in [0.15, 0.2) is 5.78 Å². The largest absolute Gasteiger partial charge is 0.360 e. The van der Waals surface area contributed by atoms with E-state index in [1.165, 1.54) is 25.3 Å². The number of ketones is 1. The van der Waals surface area contributed by atoms with Gasteiger partial charge in [-0.2, -0.15) is 0 Å². The number of aromatic nitrogens is 1. The summed E-state index contributed by atoms with van der Waals surface area (Å²) in [4.78, 5) is 15.7. The van der Waals surface area contributed by atoms with Gasteiger partial charge in [0.1, 0.15) is 5.82 Å². The summed E-state index contributed by atoms with van der Waals surface area (Å²) in [5.41, 5.74) is 1.26. The summed E-state index contributed by atoms with van der Waals surface area (Å²) < 4.78 is 13.9. The molecule has 0 amide bonds. The summed E-state index contributed by atoms with van der Waals surface area (Å²) in [6.45, 7) is 0. The molecule has 2 aromatic rings. The lowest BCUT2D eigenvalue weighted by molar-refractivity contribution is 0.0876. The van der Waals surface area contributed by atoms with Crippen LogP contribution in [0.4, 0.5) is 4.39 Å². The smallest absolute Gasteiger partial charge is 0.168 e. The van der Waals surface area contributed by atoms with Crippen molar-refractivity contribution in [2.24, 2.45) is 17.8 Å². The molecule has 2 aliphatic rings. The van der Waals surface area contributed by atoms with Crippen LogP contribution in [-0.4, -0.2) is 10.8 Å². The van der Waals surface area contributed by atoms with Crippen molar-refractivity contribution in [3.8, 4) is 0 Å². The Labute approximate surface area is 111 Å². The fourth-order valence-corrected chi connectivity index (χ4v) is 4.10. The molecule has 2 fully saturated rings. The molecule has 2 nitrogen and oxygen atoms in total. The maximum Gasteiger partial charge on any atom is 0.168 e. The van der Waals surface area contributed by atoms with Crippen molar-refractivity contribution >= 4 is 16.7 Å². The van der Waals surface area contributed by atoms with Crippen LogP contribution in [0.5, 0.6) is 0 Å². The molecule has 0 aliphatic heterocycles. The van der Waals surface area contributed by atoms with Crippen molar-refractivity contribution in [2.45, 2.75) is 25.7 Å². The molecule has 2 aliphatic carbocycles. The molecule has 19 heavy (non-hydrogen) atoms. The molecule has 0 spiro atoms. The number of nitrogens with one attached hydrogen (secondary N) is 1. The van der Waals surface area contributed by atoms with Gasteiger partial charge >= 0.3 is 0 Å². The minimum absolute atomic E-state index is 0.123. The van der Waals surface area contributed by atoms with Crippen molar-refractivity contribution in [3.63, 3.8) is 0 Å². The molecule has 2 saturated carbocycles. The Bertz CT molecular complexity index is 660. The number of benzene rings is 1. The quantitative estimate of drug-likeness (QED) is 0.812. The van der Waals surface area contributed by atoms with Gasteiger partial charge in [-0.25, -0.2) is 4.39 Å². The molecule has 4 rings (SSSR count). The fraction of sp³-hybridized carbons (Fsp3) is 0.438. The number of aromatic amines is 1. The standard InChI is InChI=1S/C16H16FNO/c17-13-2-1-3-14-15(13)12(8-18-14)16(19)11-7-9-4-5-10(11)6-9/h1-3,8-11,18H,4-7H2. The third-order valence-electron chi connectivity index (χ3n) is 5.00. The Hall–Kier alpha value is -1.64. The average Bonchev–Trinajstić information content (AvgIpc) is 3.12. The van der Waals surface area contributed by atoms with E-state index in [0.717, 1.165) is 12.3 Å². The van der Waals surface area contributed by atoms with E-state index in [1.807, 2.05) is 6.07 Å². The van der Waals surface area contributed by atoms with Crippen LogP contribution in [0.15, 0.2) is 24.4 Å². The predicted octanol–water partition coefficient (Wildman–Crippen LogP) is 3.93. The summed E-state index contributed by atoms with van der Waals surface area (Å²) in [5.74, 6) is 1.23. The number of H-pyrrole nitrogens is 1. The van der Waals surface area contributed by atoms with E-state index < -0.39 is 0 Å². The van der Waals surface area contributed by atoms with Gasteiger partial charge in [-0.05, 0) is 43.2 Å². The molecule has 2 bridgehead atoms. The number of hydrogen-bond acceptors (Lipinski definition) is 1. The summed E-state index contributed by atoms with van der Waals surface area (Å²) in [6.07, 6.45) is 6.33. The number of carbonyl (C=O) groups is 1. The molecule has 3 unspecified atom stereocenters. The maximum atomic E-state index is 13.9. The number of fused-ring (bicyclic) bond motifs is 3.